The van der Waals surface area contributed by atoms with Gasteiger partial charge in [0.25, 0.3) is 6.47 Å². The Labute approximate surface area is 815 Å². The second-order valence-corrected chi connectivity index (χ2v) is 28.7. The molecule has 5 aliphatic carbocycles. The SMILES string of the molecule is C.C.C1CCOC1.C=C(C)C(=O)OCC.CCOC(=O)C(C)=O.CCOC(=O)C1(C)CC1C(=O)O.CCOC(=O)C1(C)CC1C(=O)OC(C)(C)C.CCOC(=O)C1(C)CC1NC(=O)OCc1ccccc1.CCOC(=O)C1(O)CC1NC(=O)OCc1ccccc1.ClCCl.ClCCl.O=C(NC1CC1(O)C(=O)O)OCc1ccccc1.O=CO[O-].[H-].[K+].[K+]. The molecule has 676 valence electrons. The van der Waals surface area contributed by atoms with Crippen LogP contribution in [0.1, 0.15) is 175 Å². The van der Waals surface area contributed by atoms with Crippen molar-refractivity contribution in [3.8, 4) is 0 Å². The summed E-state index contributed by atoms with van der Waals surface area (Å²) in [4.78, 5) is 155. The summed E-state index contributed by atoms with van der Waals surface area (Å²) in [6.45, 7) is 31.2. The molecule has 6 aliphatic rings. The first-order valence-corrected chi connectivity index (χ1v) is 38.9. The van der Waals surface area contributed by atoms with Crippen molar-refractivity contribution in [1.29, 1.82) is 0 Å². The number of carbonyl (C=O) groups is 14. The van der Waals surface area contributed by atoms with Gasteiger partial charge in [-0.3, -0.25) is 33.6 Å². The fourth-order valence-electron chi connectivity index (χ4n) is 9.23. The van der Waals surface area contributed by atoms with Crippen molar-refractivity contribution >= 4 is 131 Å². The number of Topliss-reactive ketones (excluding diaryl/α,β-unsaturated/α-hetero) is 1. The van der Waals surface area contributed by atoms with E-state index in [1.54, 1.807) is 81.4 Å². The number of alkyl halides is 4. The van der Waals surface area contributed by atoms with Crippen molar-refractivity contribution in [3.63, 3.8) is 0 Å². The van der Waals surface area contributed by atoms with E-state index in [0.717, 1.165) is 29.9 Å². The van der Waals surface area contributed by atoms with Crippen LogP contribution in [0.2, 0.25) is 0 Å². The second-order valence-electron chi connectivity index (χ2n) is 27.1. The van der Waals surface area contributed by atoms with Gasteiger partial charge in [-0.1, -0.05) is 112 Å². The van der Waals surface area contributed by atoms with Gasteiger partial charge in [-0.15, -0.1) is 46.4 Å². The van der Waals surface area contributed by atoms with Crippen LogP contribution in [0.5, 0.6) is 0 Å². The number of carbonyl (C=O) groups excluding carboxylic acids is 12. The fraction of sp³-hybridized carbons (Fsp3) is 0.580. The summed E-state index contributed by atoms with van der Waals surface area (Å²) in [6.07, 6.45) is 2.32. The Hall–Kier alpha value is -6.15. The standard InChI is InChI=1S/C15H19NO4.C14H17NO5.C12H13NO5.C12H20O4.C8H12O4.C6H10O2.C5H8O3.C4H8O.2CH2Cl2.CH2O3.2CH4.2K.H/c1-3-19-13(17)15(2)9-12(15)16-14(18)20-10-11-7-5-4-6-8-11;1-2-19-12(16)14(18)8-11(14)15-13(17)20-9-10-6-4-3-5-7-10;14-10(15)12(17)6-9(12)13-11(16)18-7-8-4-2-1-3-5-8;1-6-15-10(14)12(5)7-8(12)9(13)16-11(2,3)4;1-3-12-7(11)8(2)4-5(8)6(9)10;1-4-8-6(7)5(2)3;1-3-8-5(7)4(2)6;1-2-4-5-3-1;2*2-1-3;2-1-4-3;;;;;/h4-8,12H,3,9-10H2,1-2H3,(H,16,18);3-7,11,18H,2,8-9H2,1H3,(H,15,17);1-5,9,17H,6-7H2,(H,13,16)(H,14,15);8H,6-7H2,1-5H3;5H,3-4H2,1-2H3,(H,9,10);2,4H2,1,3H3;3H2,1-2H3;1-4H2;2*1H2;1,3H;2*1H4;;;/q;;;;;;;;;;;;;2*+1;-1/p-1. The molecular formula is C81H121Cl4K2N3O31. The molecule has 3 aromatic carbocycles. The van der Waals surface area contributed by atoms with Gasteiger partial charge in [-0.05, 0) is 139 Å². The minimum atomic E-state index is -1.84. The number of ketones is 1. The van der Waals surface area contributed by atoms with E-state index in [1.807, 2.05) is 99.6 Å². The summed E-state index contributed by atoms with van der Waals surface area (Å²) < 4.78 is 53.5. The van der Waals surface area contributed by atoms with Crippen LogP contribution in [0.3, 0.4) is 0 Å². The number of hydrogen-bond donors (Lipinski definition) is 7. The van der Waals surface area contributed by atoms with Crippen LogP contribution in [0.4, 0.5) is 14.4 Å². The molecule has 1 aliphatic heterocycles. The summed E-state index contributed by atoms with van der Waals surface area (Å²) in [6, 6.07) is 26.1. The molecule has 40 heteroatoms. The number of aliphatic hydroxyl groups is 2. The van der Waals surface area contributed by atoms with Crippen molar-refractivity contribution in [1.82, 2.24) is 16.0 Å². The maximum Gasteiger partial charge on any atom is 1.00 e. The first kappa shape index (κ1) is 126. The third-order valence-corrected chi connectivity index (χ3v) is 16.4. The van der Waals surface area contributed by atoms with Crippen molar-refractivity contribution in [2.24, 2.45) is 28.1 Å². The number of amides is 3. The molecule has 3 aromatic rings. The number of halogens is 4. The molecule has 0 aromatic heterocycles. The van der Waals surface area contributed by atoms with Crippen LogP contribution < -0.4 is 124 Å². The smallest absolute Gasteiger partial charge is 1.00 e. The summed E-state index contributed by atoms with van der Waals surface area (Å²) in [5, 5.41) is 52.8. The van der Waals surface area contributed by atoms with E-state index in [-0.39, 0.29) is 218 Å². The number of benzene rings is 3. The van der Waals surface area contributed by atoms with Crippen LogP contribution in [-0.4, -0.2) is 203 Å². The number of hydrogen-bond acceptors (Lipinski definition) is 29. The number of rotatable bonds is 25. The molecule has 121 heavy (non-hydrogen) atoms. The zero-order valence-electron chi connectivity index (χ0n) is 71.3. The summed E-state index contributed by atoms with van der Waals surface area (Å²) >= 11 is 19.1. The molecule has 9 rings (SSSR count). The van der Waals surface area contributed by atoms with E-state index in [1.165, 1.54) is 19.8 Å². The molecule has 5 saturated carbocycles. The first-order valence-electron chi connectivity index (χ1n) is 36.8. The van der Waals surface area contributed by atoms with Crippen molar-refractivity contribution in [2.45, 2.75) is 211 Å². The molecule has 7 N–H and O–H groups in total. The van der Waals surface area contributed by atoms with Gasteiger partial charge in [-0.25, -0.2) is 33.6 Å². The number of nitrogens with one attached hydrogen (secondary N) is 3. The third-order valence-electron chi connectivity index (χ3n) is 16.4. The number of ether oxygens (including phenoxy) is 11. The molecule has 10 unspecified atom stereocenters. The molecule has 0 radical (unpaired) electrons. The number of esters is 7. The minimum Gasteiger partial charge on any atom is -1.00 e. The Morgan fingerprint density at radius 1 is 0.496 bits per heavy atom. The van der Waals surface area contributed by atoms with Crippen LogP contribution >= 0.6 is 46.4 Å². The van der Waals surface area contributed by atoms with E-state index in [2.05, 4.69) is 36.9 Å². The van der Waals surface area contributed by atoms with Crippen LogP contribution in [0, 0.1) is 28.1 Å². The van der Waals surface area contributed by atoms with Crippen molar-refractivity contribution in [3.05, 3.63) is 120 Å². The maximum absolute atomic E-state index is 11.7. The first-order chi connectivity index (χ1) is 55.0. The number of carboxylic acids is 2. The predicted octanol–water partition coefficient (Wildman–Crippen LogP) is 5.04. The van der Waals surface area contributed by atoms with Gasteiger partial charge in [0.2, 0.25) is 5.78 Å². The Morgan fingerprint density at radius 3 is 1.07 bits per heavy atom. The van der Waals surface area contributed by atoms with Gasteiger partial charge < -0.3 is 100 Å². The molecule has 1 heterocycles. The Bertz CT molecular complexity index is 3470. The summed E-state index contributed by atoms with van der Waals surface area (Å²) in [5.41, 5.74) is -2.93. The van der Waals surface area contributed by atoms with E-state index in [9.17, 15) is 72.5 Å². The average Bonchev–Trinajstić information content (AvgIpc) is 1.72. The Balaban J connectivity index is -0.000000248. The molecule has 1 saturated heterocycles. The maximum atomic E-state index is 11.7. The third kappa shape index (κ3) is 52.4. The molecular weight excluding hydrogens is 1730 g/mol. The Morgan fingerprint density at radius 2 is 0.802 bits per heavy atom. The largest absolute Gasteiger partial charge is 1.00 e. The fourth-order valence-corrected chi connectivity index (χ4v) is 9.23. The molecule has 34 nitrogen and oxygen atoms in total. The molecule has 6 fully saturated rings. The Kier molecular flexibility index (Phi) is 69.8. The minimum absolute atomic E-state index is 0. The molecule has 0 bridgehead atoms. The summed E-state index contributed by atoms with van der Waals surface area (Å²) in [5.74, 6) is -6.73. The quantitative estimate of drug-likeness (QED) is 0.00672. The van der Waals surface area contributed by atoms with Gasteiger partial charge in [0, 0.05) is 44.6 Å². The van der Waals surface area contributed by atoms with Gasteiger partial charge in [0.05, 0.1) is 90.5 Å². The predicted molar refractivity (Wildman–Crippen MR) is 436 cm³/mol. The molecule has 3 amide bonds. The van der Waals surface area contributed by atoms with E-state index < -0.39 is 105 Å². The summed E-state index contributed by atoms with van der Waals surface area (Å²) in [7, 11) is 0. The van der Waals surface area contributed by atoms with E-state index >= 15 is 0 Å². The number of carboxylic acid groups (broad SMARTS) is 2. The zero-order chi connectivity index (χ0) is 89.8. The molecule has 10 atom stereocenters. The average molecular weight is 1850 g/mol. The van der Waals surface area contributed by atoms with Gasteiger partial charge in [0.1, 0.15) is 25.4 Å². The van der Waals surface area contributed by atoms with Gasteiger partial charge in [0.15, 0.2) is 11.2 Å². The molecule has 0 spiro atoms. The number of aliphatic carboxylic acids is 2. The van der Waals surface area contributed by atoms with E-state index in [0.29, 0.717) is 51.3 Å². The monoisotopic (exact) mass is 1850 g/mol. The van der Waals surface area contributed by atoms with Crippen LogP contribution in [0.25, 0.3) is 0 Å². The van der Waals surface area contributed by atoms with Crippen molar-refractivity contribution < 1.29 is 254 Å². The zero-order valence-corrected chi connectivity index (χ0v) is 79.6. The van der Waals surface area contributed by atoms with Crippen LogP contribution in [0.15, 0.2) is 103 Å². The topological polar surface area (TPSA) is 490 Å². The number of alkyl carbamates (subject to hydrolysis) is 3. The normalized spacial score (nSPS) is 21.2. The van der Waals surface area contributed by atoms with E-state index in [4.69, 9.17) is 109 Å². The van der Waals surface area contributed by atoms with Gasteiger partial charge in [-0.2, -0.15) is 0 Å². The second kappa shape index (κ2) is 67.2. The van der Waals surface area contributed by atoms with Crippen molar-refractivity contribution in [2.75, 3.05) is 63.5 Å². The van der Waals surface area contributed by atoms with Gasteiger partial charge >= 0.3 is 175 Å². The van der Waals surface area contributed by atoms with Crippen LogP contribution in [-0.2, 0) is 130 Å².